The third kappa shape index (κ3) is 6.06. The van der Waals surface area contributed by atoms with Crippen molar-refractivity contribution in [3.05, 3.63) is 53.8 Å². The maximum atomic E-state index is 12.2. The predicted molar refractivity (Wildman–Crippen MR) is 113 cm³/mol. The van der Waals surface area contributed by atoms with Crippen LogP contribution < -0.4 is 10.1 Å². The number of benzene rings is 1. The van der Waals surface area contributed by atoms with Crippen LogP contribution in [-0.2, 0) is 14.3 Å². The van der Waals surface area contributed by atoms with Gasteiger partial charge in [0.2, 0.25) is 5.91 Å². The lowest BCUT2D eigenvalue weighted by Gasteiger charge is -2.16. The van der Waals surface area contributed by atoms with Gasteiger partial charge in [-0.25, -0.2) is 19.7 Å². The molecule has 31 heavy (non-hydrogen) atoms. The van der Waals surface area contributed by atoms with E-state index < -0.39 is 24.4 Å². The molecule has 2 aromatic heterocycles. The number of ether oxygens (including phenoxy) is 2. The lowest BCUT2D eigenvalue weighted by Crippen LogP contribution is -2.37. The van der Waals surface area contributed by atoms with E-state index >= 15 is 0 Å². The third-order valence-corrected chi connectivity index (χ3v) is 4.80. The fourth-order valence-electron chi connectivity index (χ4n) is 2.40. The van der Waals surface area contributed by atoms with E-state index in [-0.39, 0.29) is 12.2 Å². The van der Waals surface area contributed by atoms with Gasteiger partial charge in [0.25, 0.3) is 5.91 Å². The summed E-state index contributed by atoms with van der Waals surface area (Å²) >= 11 is 1.19. The molecule has 0 atom stereocenters. The Bertz CT molecular complexity index is 1070. The molecule has 0 aliphatic heterocycles. The highest BCUT2D eigenvalue weighted by Gasteiger charge is 2.18. The first kappa shape index (κ1) is 21.8. The van der Waals surface area contributed by atoms with Gasteiger partial charge in [-0.15, -0.1) is 11.3 Å². The van der Waals surface area contributed by atoms with Crippen LogP contribution in [0.3, 0.4) is 0 Å². The second-order valence-electron chi connectivity index (χ2n) is 6.22. The second kappa shape index (κ2) is 10.3. The average Bonchev–Trinajstić information content (AvgIpc) is 3.28. The number of methoxy groups -OCH3 is 1. The Hall–Kier alpha value is -3.86. The van der Waals surface area contributed by atoms with Crippen molar-refractivity contribution in [1.29, 1.82) is 0 Å². The third-order valence-electron chi connectivity index (χ3n) is 3.96. The number of aromatic nitrogens is 3. The van der Waals surface area contributed by atoms with Gasteiger partial charge in [-0.2, -0.15) is 0 Å². The van der Waals surface area contributed by atoms with E-state index in [1.807, 2.05) is 0 Å². The van der Waals surface area contributed by atoms with Crippen LogP contribution in [-0.4, -0.2) is 64.9 Å². The Morgan fingerprint density at radius 1 is 1.16 bits per heavy atom. The molecule has 0 unspecified atom stereocenters. The Kier molecular flexibility index (Phi) is 7.22. The summed E-state index contributed by atoms with van der Waals surface area (Å²) in [6.45, 7) is -0.726. The number of hydrogen-bond acceptors (Lipinski definition) is 9. The van der Waals surface area contributed by atoms with Crippen LogP contribution in [0.4, 0.5) is 5.69 Å². The van der Waals surface area contributed by atoms with Crippen LogP contribution in [0.2, 0.25) is 0 Å². The highest BCUT2D eigenvalue weighted by Crippen LogP contribution is 2.20. The number of esters is 1. The number of nitrogens with one attached hydrogen (secondary N) is 1. The Morgan fingerprint density at radius 2 is 1.94 bits per heavy atom. The summed E-state index contributed by atoms with van der Waals surface area (Å²) < 4.78 is 10.1. The maximum Gasteiger partial charge on any atom is 0.358 e. The van der Waals surface area contributed by atoms with Gasteiger partial charge in [-0.05, 0) is 18.2 Å². The zero-order chi connectivity index (χ0) is 22.2. The van der Waals surface area contributed by atoms with Gasteiger partial charge >= 0.3 is 5.97 Å². The van der Waals surface area contributed by atoms with E-state index in [2.05, 4.69) is 20.3 Å². The van der Waals surface area contributed by atoms with Gasteiger partial charge in [-0.3, -0.25) is 9.59 Å². The number of likely N-dealkylation sites (N-methyl/N-ethyl adjacent to an activating group) is 1. The van der Waals surface area contributed by atoms with Crippen molar-refractivity contribution in [2.45, 2.75) is 0 Å². The summed E-state index contributed by atoms with van der Waals surface area (Å²) in [6, 6.07) is 8.51. The highest BCUT2D eigenvalue weighted by atomic mass is 32.1. The molecular formula is C20H19N5O5S. The minimum atomic E-state index is -0.749. The zero-order valence-electron chi connectivity index (χ0n) is 16.8. The molecule has 2 amide bonds. The van der Waals surface area contributed by atoms with Gasteiger partial charge in [0.05, 0.1) is 13.7 Å². The predicted octanol–water partition coefficient (Wildman–Crippen LogP) is 1.86. The first-order valence-corrected chi connectivity index (χ1v) is 9.92. The molecule has 2 heterocycles. The van der Waals surface area contributed by atoms with E-state index in [9.17, 15) is 14.4 Å². The SMILES string of the molecule is COc1cccc(NC(=O)CN(C)C(=O)COC(=O)c2csc(-c3ncccn3)n2)c1. The molecule has 3 rings (SSSR count). The normalized spacial score (nSPS) is 10.3. The fourth-order valence-corrected chi connectivity index (χ4v) is 3.13. The van der Waals surface area contributed by atoms with Gasteiger partial charge in [0.1, 0.15) is 5.75 Å². The molecule has 10 nitrogen and oxygen atoms in total. The summed E-state index contributed by atoms with van der Waals surface area (Å²) in [7, 11) is 2.96. The van der Waals surface area contributed by atoms with E-state index in [0.29, 0.717) is 22.3 Å². The van der Waals surface area contributed by atoms with Crippen molar-refractivity contribution in [2.75, 3.05) is 32.6 Å². The molecule has 0 saturated heterocycles. The van der Waals surface area contributed by atoms with Crippen molar-refractivity contribution in [3.8, 4) is 16.6 Å². The van der Waals surface area contributed by atoms with Crippen LogP contribution in [0, 0.1) is 0 Å². The number of rotatable bonds is 8. The summed E-state index contributed by atoms with van der Waals surface area (Å²) in [5.41, 5.74) is 0.594. The minimum absolute atomic E-state index is 0.0543. The molecule has 1 N–H and O–H groups in total. The van der Waals surface area contributed by atoms with Gasteiger partial charge in [0, 0.05) is 36.6 Å². The van der Waals surface area contributed by atoms with E-state index in [1.54, 1.807) is 42.7 Å². The quantitative estimate of drug-likeness (QED) is 0.526. The van der Waals surface area contributed by atoms with Crippen LogP contribution in [0.25, 0.3) is 10.8 Å². The molecule has 11 heteroatoms. The summed E-state index contributed by atoms with van der Waals surface area (Å²) in [4.78, 5) is 49.9. The average molecular weight is 441 g/mol. The van der Waals surface area contributed by atoms with Crippen molar-refractivity contribution >= 4 is 34.8 Å². The number of hydrogen-bond donors (Lipinski definition) is 1. The summed E-state index contributed by atoms with van der Waals surface area (Å²) in [6.07, 6.45) is 3.14. The molecule has 0 radical (unpaired) electrons. The standard InChI is InChI=1S/C20H19N5O5S/c1-25(10-16(26)23-13-5-3-6-14(9-13)29-2)17(27)11-30-20(28)15-12-31-19(24-15)18-21-7-4-8-22-18/h3-9,12H,10-11H2,1-2H3,(H,23,26). The Labute approximate surface area is 181 Å². The largest absolute Gasteiger partial charge is 0.497 e. The molecule has 0 bridgehead atoms. The molecular weight excluding hydrogens is 422 g/mol. The van der Waals surface area contributed by atoms with Gasteiger partial charge < -0.3 is 19.7 Å². The monoisotopic (exact) mass is 441 g/mol. The topological polar surface area (TPSA) is 124 Å². The number of nitrogens with zero attached hydrogens (tertiary/aromatic N) is 4. The van der Waals surface area contributed by atoms with Gasteiger partial charge in [0.15, 0.2) is 23.1 Å². The molecule has 3 aromatic rings. The minimum Gasteiger partial charge on any atom is -0.497 e. The fraction of sp³-hybridized carbons (Fsp3) is 0.200. The van der Waals surface area contributed by atoms with E-state index in [0.717, 1.165) is 4.90 Å². The first-order valence-electron chi connectivity index (χ1n) is 9.04. The lowest BCUT2D eigenvalue weighted by atomic mass is 10.3. The number of carbonyl (C=O) groups excluding carboxylic acids is 3. The molecule has 1 aromatic carbocycles. The smallest absolute Gasteiger partial charge is 0.358 e. The van der Waals surface area contributed by atoms with Crippen molar-refractivity contribution in [1.82, 2.24) is 19.9 Å². The molecule has 160 valence electrons. The maximum absolute atomic E-state index is 12.2. The van der Waals surface area contributed by atoms with Crippen molar-refractivity contribution in [2.24, 2.45) is 0 Å². The number of amides is 2. The number of thiazole rings is 1. The van der Waals surface area contributed by atoms with E-state index in [1.165, 1.54) is 30.9 Å². The van der Waals surface area contributed by atoms with Crippen LogP contribution >= 0.6 is 11.3 Å². The van der Waals surface area contributed by atoms with E-state index in [4.69, 9.17) is 9.47 Å². The van der Waals surface area contributed by atoms with Crippen molar-refractivity contribution < 1.29 is 23.9 Å². The zero-order valence-corrected chi connectivity index (χ0v) is 17.6. The Morgan fingerprint density at radius 3 is 2.68 bits per heavy atom. The molecule has 0 aliphatic rings. The summed E-state index contributed by atoms with van der Waals surface area (Å²) in [5, 5.41) is 4.64. The second-order valence-corrected chi connectivity index (χ2v) is 7.07. The first-order chi connectivity index (χ1) is 15.0. The number of carbonyl (C=O) groups is 3. The Balaban J connectivity index is 1.48. The van der Waals surface area contributed by atoms with Crippen LogP contribution in [0.1, 0.15) is 10.5 Å². The molecule has 0 aliphatic carbocycles. The van der Waals surface area contributed by atoms with Crippen LogP contribution in [0.5, 0.6) is 5.75 Å². The number of anilines is 1. The molecule has 0 fully saturated rings. The molecule has 0 saturated carbocycles. The summed E-state index contributed by atoms with van der Waals surface area (Å²) in [5.74, 6) is -0.693. The molecule has 0 spiro atoms. The lowest BCUT2D eigenvalue weighted by molar-refractivity contribution is -0.136. The van der Waals surface area contributed by atoms with Gasteiger partial charge in [-0.1, -0.05) is 6.07 Å². The van der Waals surface area contributed by atoms with Crippen molar-refractivity contribution in [3.63, 3.8) is 0 Å². The van der Waals surface area contributed by atoms with Crippen LogP contribution in [0.15, 0.2) is 48.1 Å². The highest BCUT2D eigenvalue weighted by molar-refractivity contribution is 7.13.